The Labute approximate surface area is 215 Å². The molecule has 2 aliphatic rings. The van der Waals surface area contributed by atoms with Crippen LogP contribution in [0, 0.1) is 18.8 Å². The summed E-state index contributed by atoms with van der Waals surface area (Å²) < 4.78 is 0. The zero-order chi connectivity index (χ0) is 25.3. The highest BCUT2D eigenvalue weighted by Crippen LogP contribution is 2.35. The van der Waals surface area contributed by atoms with Gasteiger partial charge < -0.3 is 15.3 Å². The number of likely N-dealkylation sites (tertiary alicyclic amines) is 1. The number of carbonyl (C=O) groups is 2. The highest BCUT2D eigenvalue weighted by molar-refractivity contribution is 8.14. The van der Waals surface area contributed by atoms with Gasteiger partial charge in [-0.1, -0.05) is 38.1 Å². The SMILES string of the molecule is Cc1ncsc1-c1ccc(CNC(=O)[C@@H]2C[C@@H](O)CN2C(=O)[C@@H](C2=NC(C)(C)CS2)C(C)C)cc1. The second-order valence-electron chi connectivity index (χ2n) is 10.4. The minimum absolute atomic E-state index is 0.0461. The van der Waals surface area contributed by atoms with E-state index in [0.29, 0.717) is 6.54 Å². The fourth-order valence-electron chi connectivity index (χ4n) is 4.59. The summed E-state index contributed by atoms with van der Waals surface area (Å²) >= 11 is 3.24. The highest BCUT2D eigenvalue weighted by atomic mass is 32.2. The van der Waals surface area contributed by atoms with E-state index in [2.05, 4.69) is 24.1 Å². The maximum atomic E-state index is 13.6. The number of rotatable bonds is 7. The van der Waals surface area contributed by atoms with Crippen LogP contribution in [-0.4, -0.2) is 61.8 Å². The summed E-state index contributed by atoms with van der Waals surface area (Å²) in [6.45, 7) is 10.7. The predicted octanol–water partition coefficient (Wildman–Crippen LogP) is 3.89. The molecule has 35 heavy (non-hydrogen) atoms. The largest absolute Gasteiger partial charge is 0.391 e. The van der Waals surface area contributed by atoms with Gasteiger partial charge in [-0.3, -0.25) is 14.6 Å². The number of aliphatic hydroxyl groups is 1. The Bertz CT molecular complexity index is 1110. The minimum Gasteiger partial charge on any atom is -0.391 e. The van der Waals surface area contributed by atoms with Gasteiger partial charge in [0.2, 0.25) is 11.8 Å². The molecule has 0 saturated carbocycles. The van der Waals surface area contributed by atoms with Crippen LogP contribution < -0.4 is 5.32 Å². The van der Waals surface area contributed by atoms with E-state index in [9.17, 15) is 14.7 Å². The minimum atomic E-state index is -0.709. The van der Waals surface area contributed by atoms with Crippen molar-refractivity contribution in [2.75, 3.05) is 12.3 Å². The third-order valence-corrected chi connectivity index (χ3v) is 8.95. The quantitative estimate of drug-likeness (QED) is 0.585. The number of hydrogen-bond donors (Lipinski definition) is 2. The molecule has 2 amide bonds. The number of aliphatic imine (C=N–C) groups is 1. The Morgan fingerprint density at radius 2 is 1.97 bits per heavy atom. The van der Waals surface area contributed by atoms with Gasteiger partial charge >= 0.3 is 0 Å². The molecule has 0 spiro atoms. The van der Waals surface area contributed by atoms with E-state index < -0.39 is 18.1 Å². The van der Waals surface area contributed by atoms with E-state index in [4.69, 9.17) is 4.99 Å². The molecule has 4 rings (SSSR count). The molecule has 3 atom stereocenters. The van der Waals surface area contributed by atoms with Crippen LogP contribution in [0.15, 0.2) is 34.8 Å². The molecule has 2 aromatic rings. The fraction of sp³-hybridized carbons (Fsp3) is 0.538. The van der Waals surface area contributed by atoms with Gasteiger partial charge in [0.25, 0.3) is 0 Å². The summed E-state index contributed by atoms with van der Waals surface area (Å²) in [5.74, 6) is 0.133. The van der Waals surface area contributed by atoms with Crippen molar-refractivity contribution in [3.8, 4) is 10.4 Å². The summed E-state index contributed by atoms with van der Waals surface area (Å²) in [5.41, 5.74) is 4.73. The lowest BCUT2D eigenvalue weighted by atomic mass is 9.94. The van der Waals surface area contributed by atoms with Gasteiger partial charge in [-0.15, -0.1) is 23.1 Å². The van der Waals surface area contributed by atoms with Crippen LogP contribution in [-0.2, 0) is 16.1 Å². The molecule has 0 unspecified atom stereocenters. The zero-order valence-electron chi connectivity index (χ0n) is 20.9. The number of aryl methyl sites for hydroxylation is 1. The molecular formula is C26H34N4O3S2. The van der Waals surface area contributed by atoms with Crippen molar-refractivity contribution in [3.05, 3.63) is 41.0 Å². The lowest BCUT2D eigenvalue weighted by Gasteiger charge is -2.29. The molecule has 1 aromatic heterocycles. The standard InChI is InChI=1S/C26H34N4O3S2/c1-15(2)21(24-29-26(4,5)13-34-24)25(33)30-12-19(31)10-20(30)23(32)27-11-17-6-8-18(9-7-17)22-16(3)28-14-35-22/h6-9,14-15,19-21,31H,10-13H2,1-5H3,(H,27,32)/t19-,20+,21-/m1/s1. The molecule has 3 heterocycles. The second-order valence-corrected chi connectivity index (χ2v) is 12.2. The molecule has 2 N–H and O–H groups in total. The molecule has 1 aromatic carbocycles. The maximum Gasteiger partial charge on any atom is 0.243 e. The van der Waals surface area contributed by atoms with E-state index >= 15 is 0 Å². The first kappa shape index (κ1) is 25.9. The average molecular weight is 515 g/mol. The van der Waals surface area contributed by atoms with E-state index in [1.807, 2.05) is 50.5 Å². The van der Waals surface area contributed by atoms with Crippen molar-refractivity contribution >= 4 is 40.0 Å². The molecule has 0 radical (unpaired) electrons. The number of amides is 2. The zero-order valence-corrected chi connectivity index (χ0v) is 22.6. The number of nitrogens with zero attached hydrogens (tertiary/aromatic N) is 3. The predicted molar refractivity (Wildman–Crippen MR) is 143 cm³/mol. The average Bonchev–Trinajstić information content (AvgIpc) is 3.50. The van der Waals surface area contributed by atoms with Gasteiger partial charge in [-0.2, -0.15) is 0 Å². The van der Waals surface area contributed by atoms with Gasteiger partial charge in [-0.25, -0.2) is 4.98 Å². The molecule has 0 aliphatic carbocycles. The lowest BCUT2D eigenvalue weighted by Crippen LogP contribution is -2.49. The molecule has 188 valence electrons. The first-order chi connectivity index (χ1) is 16.6. The van der Waals surface area contributed by atoms with E-state index in [1.54, 1.807) is 28.0 Å². The van der Waals surface area contributed by atoms with Crippen LogP contribution in [0.25, 0.3) is 10.4 Å². The number of hydrogen-bond acceptors (Lipinski definition) is 7. The maximum absolute atomic E-state index is 13.6. The third-order valence-electron chi connectivity index (χ3n) is 6.48. The molecule has 7 nitrogen and oxygen atoms in total. The molecule has 1 saturated heterocycles. The fourth-order valence-corrected chi connectivity index (χ4v) is 6.83. The van der Waals surface area contributed by atoms with Crippen LogP contribution in [0.2, 0.25) is 0 Å². The summed E-state index contributed by atoms with van der Waals surface area (Å²) in [7, 11) is 0. The van der Waals surface area contributed by atoms with Crippen molar-refractivity contribution < 1.29 is 14.7 Å². The number of thioether (sulfide) groups is 1. The number of thiazole rings is 1. The Morgan fingerprint density at radius 3 is 2.54 bits per heavy atom. The van der Waals surface area contributed by atoms with Gasteiger partial charge in [0.15, 0.2) is 0 Å². The third kappa shape index (κ3) is 5.78. The summed E-state index contributed by atoms with van der Waals surface area (Å²) in [6, 6.07) is 7.37. The van der Waals surface area contributed by atoms with Gasteiger partial charge in [0, 0.05) is 25.3 Å². The number of benzene rings is 1. The smallest absolute Gasteiger partial charge is 0.243 e. The first-order valence-electron chi connectivity index (χ1n) is 12.0. The molecule has 0 bridgehead atoms. The van der Waals surface area contributed by atoms with Gasteiger partial charge in [-0.05, 0) is 37.8 Å². The van der Waals surface area contributed by atoms with E-state index in [0.717, 1.165) is 32.5 Å². The van der Waals surface area contributed by atoms with Gasteiger partial charge in [0.05, 0.1) is 38.7 Å². The first-order valence-corrected chi connectivity index (χ1v) is 13.9. The van der Waals surface area contributed by atoms with Crippen LogP contribution in [0.3, 0.4) is 0 Å². The van der Waals surface area contributed by atoms with Crippen LogP contribution >= 0.6 is 23.1 Å². The topological polar surface area (TPSA) is 94.9 Å². The van der Waals surface area contributed by atoms with Crippen molar-refractivity contribution in [3.63, 3.8) is 0 Å². The lowest BCUT2D eigenvalue weighted by molar-refractivity contribution is -0.140. The number of nitrogens with one attached hydrogen (secondary N) is 1. The number of β-amino-alcohol motifs (C(OH)–C–C–N with tert-alkyl or cyclic N) is 1. The monoisotopic (exact) mass is 514 g/mol. The Kier molecular flexibility index (Phi) is 7.68. The van der Waals surface area contributed by atoms with Crippen LogP contribution in [0.1, 0.15) is 45.4 Å². The van der Waals surface area contributed by atoms with E-state index in [-0.39, 0.29) is 36.2 Å². The van der Waals surface area contributed by atoms with Crippen molar-refractivity contribution in [2.45, 2.75) is 65.3 Å². The summed E-state index contributed by atoms with van der Waals surface area (Å²) in [5, 5.41) is 14.2. The highest BCUT2D eigenvalue weighted by Gasteiger charge is 2.44. The van der Waals surface area contributed by atoms with Crippen molar-refractivity contribution in [1.82, 2.24) is 15.2 Å². The second kappa shape index (κ2) is 10.4. The molecule has 9 heteroatoms. The Balaban J connectivity index is 1.43. The summed E-state index contributed by atoms with van der Waals surface area (Å²) in [6.07, 6.45) is -0.462. The number of aliphatic hydroxyl groups excluding tert-OH is 1. The molecule has 2 aliphatic heterocycles. The Hall–Kier alpha value is -2.23. The Morgan fingerprint density at radius 1 is 1.26 bits per heavy atom. The van der Waals surface area contributed by atoms with Crippen molar-refractivity contribution in [1.29, 1.82) is 0 Å². The van der Waals surface area contributed by atoms with E-state index in [1.165, 1.54) is 0 Å². The molecule has 1 fully saturated rings. The number of carbonyl (C=O) groups excluding carboxylic acids is 2. The summed E-state index contributed by atoms with van der Waals surface area (Å²) in [4.78, 5) is 38.6. The van der Waals surface area contributed by atoms with Crippen LogP contribution in [0.5, 0.6) is 0 Å². The normalized spacial score (nSPS) is 22.4. The van der Waals surface area contributed by atoms with Gasteiger partial charge in [0.1, 0.15) is 6.04 Å². The van der Waals surface area contributed by atoms with Crippen molar-refractivity contribution in [2.24, 2.45) is 16.8 Å². The molecular weight excluding hydrogens is 480 g/mol. The van der Waals surface area contributed by atoms with Crippen LogP contribution in [0.4, 0.5) is 0 Å². The number of aromatic nitrogens is 1.